The molecule has 0 aliphatic rings. The van der Waals surface area contributed by atoms with E-state index in [0.717, 1.165) is 17.2 Å². The first-order valence-electron chi connectivity index (χ1n) is 10.8. The first kappa shape index (κ1) is 28.8. The fourth-order valence-electron chi connectivity index (χ4n) is 3.22. The lowest BCUT2D eigenvalue weighted by atomic mass is 10.1. The van der Waals surface area contributed by atoms with Gasteiger partial charge in [-0.25, -0.2) is 9.59 Å². The Hall–Kier alpha value is -2.80. The number of nitrogens with zero attached hydrogens (tertiary/aromatic N) is 3. The van der Waals surface area contributed by atoms with E-state index < -0.39 is 11.9 Å². The van der Waals surface area contributed by atoms with Crippen LogP contribution >= 0.6 is 46.3 Å². The first-order chi connectivity index (χ1) is 17.7. The summed E-state index contributed by atoms with van der Waals surface area (Å²) >= 11 is 14.1. The molecular weight excluding hydrogens is 563 g/mol. The van der Waals surface area contributed by atoms with Crippen LogP contribution in [0.25, 0.3) is 0 Å². The standard InChI is InChI=1S/C23H24Cl2N4O6S2/c1-12-18(21(31)33-3)20(37-19(12)22(32)34-4)26-17(30)11-36-23-28-27-16(29(23)2)6-5-9-35-15-8-7-13(24)10-14(15)25/h7-8,10H,5-6,9,11H2,1-4H3,(H,26,30). The minimum atomic E-state index is -0.660. The fourth-order valence-corrected chi connectivity index (χ4v) is 5.55. The van der Waals surface area contributed by atoms with Gasteiger partial charge in [0.15, 0.2) is 5.16 Å². The Labute approximate surface area is 231 Å². The van der Waals surface area contributed by atoms with Gasteiger partial charge >= 0.3 is 11.9 Å². The average Bonchev–Trinajstić information content (AvgIpc) is 3.39. The number of aromatic nitrogens is 3. The van der Waals surface area contributed by atoms with Crippen LogP contribution in [0.3, 0.4) is 0 Å². The Morgan fingerprint density at radius 1 is 1.14 bits per heavy atom. The van der Waals surface area contributed by atoms with Gasteiger partial charge in [0.1, 0.15) is 21.5 Å². The zero-order valence-electron chi connectivity index (χ0n) is 20.4. The molecule has 0 aliphatic carbocycles. The van der Waals surface area contributed by atoms with Gasteiger partial charge < -0.3 is 24.1 Å². The van der Waals surface area contributed by atoms with Crippen molar-refractivity contribution in [3.63, 3.8) is 0 Å². The molecule has 1 amide bonds. The Morgan fingerprint density at radius 3 is 2.54 bits per heavy atom. The molecule has 1 N–H and O–H groups in total. The van der Waals surface area contributed by atoms with Crippen LogP contribution in [0.4, 0.5) is 5.00 Å². The van der Waals surface area contributed by atoms with Crippen molar-refractivity contribution >= 4 is 69.1 Å². The number of ether oxygens (including phenoxy) is 3. The second-order valence-corrected chi connectivity index (χ2v) is 10.4. The summed E-state index contributed by atoms with van der Waals surface area (Å²) in [6.45, 7) is 2.02. The van der Waals surface area contributed by atoms with Crippen molar-refractivity contribution < 1.29 is 28.6 Å². The average molecular weight is 588 g/mol. The normalized spacial score (nSPS) is 10.8. The number of esters is 2. The Bertz CT molecular complexity index is 1310. The summed E-state index contributed by atoms with van der Waals surface area (Å²) in [5.41, 5.74) is 0.501. The third kappa shape index (κ3) is 7.16. The van der Waals surface area contributed by atoms with Crippen LogP contribution < -0.4 is 10.1 Å². The zero-order chi connectivity index (χ0) is 27.1. The number of methoxy groups -OCH3 is 2. The molecule has 14 heteroatoms. The van der Waals surface area contributed by atoms with E-state index in [0.29, 0.717) is 46.0 Å². The number of carbonyl (C=O) groups excluding carboxylic acids is 3. The summed E-state index contributed by atoms with van der Waals surface area (Å²) in [6, 6.07) is 5.04. The topological polar surface area (TPSA) is 122 Å². The minimum absolute atomic E-state index is 0.00919. The second-order valence-electron chi connectivity index (χ2n) is 7.56. The lowest BCUT2D eigenvalue weighted by molar-refractivity contribution is -0.113. The maximum atomic E-state index is 12.6. The largest absolute Gasteiger partial charge is 0.492 e. The number of thiophene rings is 1. The summed E-state index contributed by atoms with van der Waals surface area (Å²) < 4.78 is 17.1. The van der Waals surface area contributed by atoms with Crippen LogP contribution in [0.5, 0.6) is 5.75 Å². The van der Waals surface area contributed by atoms with E-state index in [-0.39, 0.29) is 27.1 Å². The summed E-state index contributed by atoms with van der Waals surface area (Å²) in [6.07, 6.45) is 1.28. The number of carbonyl (C=O) groups is 3. The van der Waals surface area contributed by atoms with E-state index in [1.807, 2.05) is 7.05 Å². The molecule has 3 aromatic rings. The number of halogens is 2. The van der Waals surface area contributed by atoms with E-state index in [4.69, 9.17) is 37.4 Å². The summed E-state index contributed by atoms with van der Waals surface area (Å²) in [5.74, 6) is -0.344. The lowest BCUT2D eigenvalue weighted by Gasteiger charge is -2.08. The fraction of sp³-hybridized carbons (Fsp3) is 0.348. The Balaban J connectivity index is 1.55. The molecule has 0 bridgehead atoms. The van der Waals surface area contributed by atoms with Crippen molar-refractivity contribution in [2.24, 2.45) is 7.05 Å². The van der Waals surface area contributed by atoms with Crippen LogP contribution in [0.2, 0.25) is 10.0 Å². The molecule has 2 aromatic heterocycles. The number of anilines is 1. The summed E-state index contributed by atoms with van der Waals surface area (Å²) in [5, 5.41) is 12.8. The van der Waals surface area contributed by atoms with Gasteiger partial charge in [0.05, 0.1) is 37.2 Å². The number of hydrogen-bond acceptors (Lipinski definition) is 10. The number of benzene rings is 1. The number of amides is 1. The molecule has 0 radical (unpaired) electrons. The number of aryl methyl sites for hydroxylation is 1. The third-order valence-electron chi connectivity index (χ3n) is 5.11. The SMILES string of the molecule is COC(=O)c1sc(NC(=O)CSc2nnc(CCCOc3ccc(Cl)cc3Cl)n2C)c(C(=O)OC)c1C. The maximum Gasteiger partial charge on any atom is 0.348 e. The van der Waals surface area contributed by atoms with Gasteiger partial charge in [0.25, 0.3) is 0 Å². The van der Waals surface area contributed by atoms with Crippen LogP contribution in [0, 0.1) is 6.92 Å². The molecule has 0 spiro atoms. The van der Waals surface area contributed by atoms with Gasteiger partial charge in [0.2, 0.25) is 5.91 Å². The summed E-state index contributed by atoms with van der Waals surface area (Å²) in [4.78, 5) is 37.1. The van der Waals surface area contributed by atoms with E-state index in [2.05, 4.69) is 15.5 Å². The van der Waals surface area contributed by atoms with E-state index in [1.165, 1.54) is 26.0 Å². The van der Waals surface area contributed by atoms with Crippen LogP contribution in [0.1, 0.15) is 37.8 Å². The summed E-state index contributed by atoms with van der Waals surface area (Å²) in [7, 11) is 4.28. The third-order valence-corrected chi connectivity index (χ3v) is 7.85. The van der Waals surface area contributed by atoms with Crippen LogP contribution in [-0.2, 0) is 27.7 Å². The molecule has 37 heavy (non-hydrogen) atoms. The predicted molar refractivity (Wildman–Crippen MR) is 142 cm³/mol. The molecule has 198 valence electrons. The van der Waals surface area contributed by atoms with Gasteiger partial charge in [-0.2, -0.15) is 0 Å². The number of rotatable bonds is 11. The van der Waals surface area contributed by atoms with Crippen molar-refractivity contribution in [2.45, 2.75) is 24.9 Å². The molecule has 2 heterocycles. The number of thioether (sulfide) groups is 1. The molecule has 0 aliphatic heterocycles. The molecule has 3 rings (SSSR count). The van der Waals surface area contributed by atoms with E-state index in [9.17, 15) is 14.4 Å². The first-order valence-corrected chi connectivity index (χ1v) is 13.4. The number of nitrogens with one attached hydrogen (secondary N) is 1. The molecule has 1 aromatic carbocycles. The van der Waals surface area contributed by atoms with Crippen molar-refractivity contribution in [3.05, 3.63) is 50.1 Å². The molecule has 0 unspecified atom stereocenters. The van der Waals surface area contributed by atoms with Gasteiger partial charge in [-0.3, -0.25) is 4.79 Å². The monoisotopic (exact) mass is 586 g/mol. The van der Waals surface area contributed by atoms with Crippen molar-refractivity contribution in [1.29, 1.82) is 0 Å². The highest BCUT2D eigenvalue weighted by molar-refractivity contribution is 7.99. The van der Waals surface area contributed by atoms with Gasteiger partial charge in [-0.1, -0.05) is 35.0 Å². The van der Waals surface area contributed by atoms with Crippen molar-refractivity contribution in [2.75, 3.05) is 31.9 Å². The molecular formula is C23H24Cl2N4O6S2. The van der Waals surface area contributed by atoms with E-state index in [1.54, 1.807) is 29.7 Å². The van der Waals surface area contributed by atoms with E-state index >= 15 is 0 Å². The molecule has 0 saturated carbocycles. The van der Waals surface area contributed by atoms with Gasteiger partial charge in [-0.05, 0) is 37.1 Å². The Kier molecular flexibility index (Phi) is 10.2. The van der Waals surface area contributed by atoms with Crippen molar-refractivity contribution in [1.82, 2.24) is 14.8 Å². The highest BCUT2D eigenvalue weighted by Crippen LogP contribution is 2.34. The lowest BCUT2D eigenvalue weighted by Crippen LogP contribution is -2.16. The highest BCUT2D eigenvalue weighted by atomic mass is 35.5. The quantitative estimate of drug-likeness (QED) is 0.191. The molecule has 0 saturated heterocycles. The smallest absolute Gasteiger partial charge is 0.348 e. The van der Waals surface area contributed by atoms with Crippen LogP contribution in [-0.4, -0.2) is 59.2 Å². The van der Waals surface area contributed by atoms with Crippen molar-refractivity contribution in [3.8, 4) is 5.75 Å². The molecule has 0 atom stereocenters. The van der Waals surface area contributed by atoms with Crippen LogP contribution in [0.15, 0.2) is 23.4 Å². The maximum absolute atomic E-state index is 12.6. The number of hydrogen-bond donors (Lipinski definition) is 1. The minimum Gasteiger partial charge on any atom is -0.492 e. The Morgan fingerprint density at radius 2 is 1.86 bits per heavy atom. The predicted octanol–water partition coefficient (Wildman–Crippen LogP) is 4.81. The van der Waals surface area contributed by atoms with Gasteiger partial charge in [0, 0.05) is 18.5 Å². The van der Waals surface area contributed by atoms with Gasteiger partial charge in [-0.15, -0.1) is 21.5 Å². The molecule has 10 nitrogen and oxygen atoms in total. The second kappa shape index (κ2) is 13.1. The zero-order valence-corrected chi connectivity index (χ0v) is 23.6. The molecule has 0 fully saturated rings. The highest BCUT2D eigenvalue weighted by Gasteiger charge is 2.27.